The number of likely N-dealkylation sites (tertiary alicyclic amines) is 1. The highest BCUT2D eigenvalue weighted by molar-refractivity contribution is 6.35. The Morgan fingerprint density at radius 1 is 1.29 bits per heavy atom. The minimum atomic E-state index is -0.508. The molecule has 1 fully saturated rings. The van der Waals surface area contributed by atoms with Crippen LogP contribution in [-0.2, 0) is 9.59 Å². The Morgan fingerprint density at radius 3 is 2.50 bits per heavy atom. The molecule has 14 heavy (non-hydrogen) atoms. The van der Waals surface area contributed by atoms with Crippen molar-refractivity contribution in [1.29, 1.82) is 0 Å². The molecule has 0 aromatic rings. The van der Waals surface area contributed by atoms with Crippen molar-refractivity contribution in [3.05, 3.63) is 0 Å². The minimum absolute atomic E-state index is 0.191. The van der Waals surface area contributed by atoms with Gasteiger partial charge in [-0.05, 0) is 25.7 Å². The second kappa shape index (κ2) is 4.44. The van der Waals surface area contributed by atoms with E-state index in [1.54, 1.807) is 4.90 Å². The lowest BCUT2D eigenvalue weighted by atomic mass is 9.95. The van der Waals surface area contributed by atoms with E-state index in [1.165, 1.54) is 7.05 Å². The first-order valence-corrected chi connectivity index (χ1v) is 5.09. The number of piperidine rings is 1. The first-order chi connectivity index (χ1) is 6.56. The molecule has 4 heteroatoms. The minimum Gasteiger partial charge on any atom is -0.351 e. The van der Waals surface area contributed by atoms with Gasteiger partial charge < -0.3 is 10.2 Å². The predicted octanol–water partition coefficient (Wildman–Crippen LogP) is 0.379. The SMILES string of the molecule is CNC(=O)C(=O)N1C[C@H](C)CC[C@@H]1C. The highest BCUT2D eigenvalue weighted by Gasteiger charge is 2.29. The maximum Gasteiger partial charge on any atom is 0.312 e. The van der Waals surface area contributed by atoms with Crippen LogP contribution in [0, 0.1) is 5.92 Å². The lowest BCUT2D eigenvalue weighted by Crippen LogP contribution is -2.50. The van der Waals surface area contributed by atoms with Gasteiger partial charge in [0.2, 0.25) is 0 Å². The summed E-state index contributed by atoms with van der Waals surface area (Å²) in [5.74, 6) is -0.405. The zero-order chi connectivity index (χ0) is 10.7. The Kier molecular flexibility index (Phi) is 3.49. The number of carbonyl (C=O) groups excluding carboxylic acids is 2. The van der Waals surface area contributed by atoms with Crippen LogP contribution in [0.15, 0.2) is 0 Å². The van der Waals surface area contributed by atoms with Crippen LogP contribution >= 0.6 is 0 Å². The molecule has 0 unspecified atom stereocenters. The van der Waals surface area contributed by atoms with Gasteiger partial charge in [-0.3, -0.25) is 9.59 Å². The van der Waals surface area contributed by atoms with E-state index < -0.39 is 11.8 Å². The largest absolute Gasteiger partial charge is 0.351 e. The van der Waals surface area contributed by atoms with E-state index >= 15 is 0 Å². The van der Waals surface area contributed by atoms with Crippen molar-refractivity contribution in [3.8, 4) is 0 Å². The van der Waals surface area contributed by atoms with Gasteiger partial charge in [-0.1, -0.05) is 6.92 Å². The van der Waals surface area contributed by atoms with Crippen molar-refractivity contribution in [3.63, 3.8) is 0 Å². The second-order valence-electron chi connectivity index (χ2n) is 4.07. The summed E-state index contributed by atoms with van der Waals surface area (Å²) in [5.41, 5.74) is 0. The summed E-state index contributed by atoms with van der Waals surface area (Å²) >= 11 is 0. The Balaban J connectivity index is 2.65. The maximum absolute atomic E-state index is 11.6. The monoisotopic (exact) mass is 198 g/mol. The molecule has 80 valence electrons. The topological polar surface area (TPSA) is 49.4 Å². The van der Waals surface area contributed by atoms with E-state index in [-0.39, 0.29) is 6.04 Å². The molecule has 1 N–H and O–H groups in total. The summed E-state index contributed by atoms with van der Waals surface area (Å²) in [6, 6.07) is 0.191. The van der Waals surface area contributed by atoms with E-state index in [2.05, 4.69) is 12.2 Å². The van der Waals surface area contributed by atoms with Gasteiger partial charge in [0.05, 0.1) is 0 Å². The van der Waals surface area contributed by atoms with Crippen molar-refractivity contribution in [2.24, 2.45) is 5.92 Å². The molecule has 2 amide bonds. The molecule has 1 aliphatic rings. The molecule has 0 aliphatic carbocycles. The lowest BCUT2D eigenvalue weighted by molar-refractivity contribution is -0.148. The molecule has 2 atom stereocenters. The highest BCUT2D eigenvalue weighted by atomic mass is 16.2. The number of nitrogens with one attached hydrogen (secondary N) is 1. The van der Waals surface area contributed by atoms with Gasteiger partial charge in [-0.15, -0.1) is 0 Å². The summed E-state index contributed by atoms with van der Waals surface area (Å²) < 4.78 is 0. The van der Waals surface area contributed by atoms with E-state index in [4.69, 9.17) is 0 Å². The third kappa shape index (κ3) is 2.25. The maximum atomic E-state index is 11.6. The number of hydrogen-bond donors (Lipinski definition) is 1. The average Bonchev–Trinajstić information content (AvgIpc) is 2.19. The number of carbonyl (C=O) groups is 2. The number of amides is 2. The molecule has 0 radical (unpaired) electrons. The van der Waals surface area contributed by atoms with Crippen LogP contribution in [-0.4, -0.2) is 36.3 Å². The molecule has 0 spiro atoms. The van der Waals surface area contributed by atoms with E-state index in [9.17, 15) is 9.59 Å². The second-order valence-corrected chi connectivity index (χ2v) is 4.07. The number of likely N-dealkylation sites (N-methyl/N-ethyl adjacent to an activating group) is 1. The van der Waals surface area contributed by atoms with Crippen molar-refractivity contribution in [2.75, 3.05) is 13.6 Å². The Morgan fingerprint density at radius 2 is 1.93 bits per heavy atom. The van der Waals surface area contributed by atoms with Gasteiger partial charge in [0.1, 0.15) is 0 Å². The smallest absolute Gasteiger partial charge is 0.312 e. The van der Waals surface area contributed by atoms with Crippen LogP contribution < -0.4 is 5.32 Å². The number of hydrogen-bond acceptors (Lipinski definition) is 2. The standard InChI is InChI=1S/C10H18N2O2/c1-7-4-5-8(2)12(6-7)10(14)9(13)11-3/h7-8H,4-6H2,1-3H3,(H,11,13)/t7-,8+/m1/s1. The van der Waals surface area contributed by atoms with Crippen LogP contribution in [0.25, 0.3) is 0 Å². The molecular weight excluding hydrogens is 180 g/mol. The fraction of sp³-hybridized carbons (Fsp3) is 0.800. The summed E-state index contributed by atoms with van der Waals surface area (Å²) in [4.78, 5) is 24.4. The predicted molar refractivity (Wildman–Crippen MR) is 53.6 cm³/mol. The molecule has 0 aromatic heterocycles. The molecule has 0 aromatic carbocycles. The number of nitrogens with zero attached hydrogens (tertiary/aromatic N) is 1. The molecule has 4 nitrogen and oxygen atoms in total. The fourth-order valence-electron chi connectivity index (χ4n) is 1.81. The van der Waals surface area contributed by atoms with E-state index in [0.717, 1.165) is 12.8 Å². The molecule has 1 saturated heterocycles. The van der Waals surface area contributed by atoms with Gasteiger partial charge in [0.15, 0.2) is 0 Å². The molecule has 0 bridgehead atoms. The van der Waals surface area contributed by atoms with Gasteiger partial charge in [-0.2, -0.15) is 0 Å². The van der Waals surface area contributed by atoms with Gasteiger partial charge in [-0.25, -0.2) is 0 Å². The molecular formula is C10H18N2O2. The van der Waals surface area contributed by atoms with Gasteiger partial charge in [0, 0.05) is 19.6 Å². The summed E-state index contributed by atoms with van der Waals surface area (Å²) in [5, 5.41) is 2.37. The van der Waals surface area contributed by atoms with Crippen molar-refractivity contribution in [2.45, 2.75) is 32.7 Å². The van der Waals surface area contributed by atoms with Crippen LogP contribution in [0.5, 0.6) is 0 Å². The van der Waals surface area contributed by atoms with Crippen LogP contribution in [0.3, 0.4) is 0 Å². The highest BCUT2D eigenvalue weighted by Crippen LogP contribution is 2.21. The van der Waals surface area contributed by atoms with Crippen molar-refractivity contribution < 1.29 is 9.59 Å². The third-order valence-corrected chi connectivity index (χ3v) is 2.80. The third-order valence-electron chi connectivity index (χ3n) is 2.80. The number of rotatable bonds is 0. The van der Waals surface area contributed by atoms with E-state index in [0.29, 0.717) is 12.5 Å². The average molecular weight is 198 g/mol. The van der Waals surface area contributed by atoms with Gasteiger partial charge in [0.25, 0.3) is 0 Å². The first kappa shape index (κ1) is 11.0. The Bertz CT molecular complexity index is 240. The van der Waals surface area contributed by atoms with Crippen LogP contribution in [0.2, 0.25) is 0 Å². The van der Waals surface area contributed by atoms with Crippen molar-refractivity contribution in [1.82, 2.24) is 10.2 Å². The molecule has 0 saturated carbocycles. The van der Waals surface area contributed by atoms with Crippen molar-refractivity contribution >= 4 is 11.8 Å². The molecule has 1 rings (SSSR count). The summed E-state index contributed by atoms with van der Waals surface area (Å²) in [7, 11) is 1.48. The Hall–Kier alpha value is -1.06. The zero-order valence-corrected chi connectivity index (χ0v) is 9.04. The lowest BCUT2D eigenvalue weighted by Gasteiger charge is -2.36. The quantitative estimate of drug-likeness (QED) is 0.572. The molecule has 1 aliphatic heterocycles. The fourth-order valence-corrected chi connectivity index (χ4v) is 1.81. The van der Waals surface area contributed by atoms with Crippen LogP contribution in [0.1, 0.15) is 26.7 Å². The van der Waals surface area contributed by atoms with E-state index in [1.807, 2.05) is 6.92 Å². The zero-order valence-electron chi connectivity index (χ0n) is 9.04. The van der Waals surface area contributed by atoms with Crippen LogP contribution in [0.4, 0.5) is 0 Å². The van der Waals surface area contributed by atoms with Gasteiger partial charge >= 0.3 is 11.8 Å². The Labute approximate surface area is 84.7 Å². The molecule has 1 heterocycles. The normalized spacial score (nSPS) is 27.2. The summed E-state index contributed by atoms with van der Waals surface area (Å²) in [6.07, 6.45) is 2.13. The first-order valence-electron chi connectivity index (χ1n) is 5.09. The summed E-state index contributed by atoms with van der Waals surface area (Å²) in [6.45, 7) is 4.80.